The summed E-state index contributed by atoms with van der Waals surface area (Å²) < 4.78 is 7.72. The number of fused-ring (bicyclic) bond motifs is 1. The number of anilines is 1. The van der Waals surface area contributed by atoms with Gasteiger partial charge in [-0.1, -0.05) is 0 Å². The van der Waals surface area contributed by atoms with Gasteiger partial charge in [0.1, 0.15) is 5.52 Å². The van der Waals surface area contributed by atoms with Crippen LogP contribution >= 0.6 is 22.9 Å². The Bertz CT molecular complexity index is 373. The molecule has 0 aromatic carbocycles. The molecule has 0 spiro atoms. The first kappa shape index (κ1) is 6.77. The maximum absolute atomic E-state index is 4.95. The van der Waals surface area contributed by atoms with Crippen LogP contribution < -0.4 is 3.53 Å². The van der Waals surface area contributed by atoms with Crippen molar-refractivity contribution in [3.8, 4) is 0 Å². The van der Waals surface area contributed by atoms with Gasteiger partial charge in [0.05, 0.1) is 29.1 Å². The highest BCUT2D eigenvalue weighted by Gasteiger charge is 2.00. The number of hydrogen-bond acceptors (Lipinski definition) is 5. The first-order chi connectivity index (χ1) is 5.40. The van der Waals surface area contributed by atoms with Crippen molar-refractivity contribution in [2.45, 2.75) is 0 Å². The molecule has 2 aromatic heterocycles. The van der Waals surface area contributed by atoms with Crippen molar-refractivity contribution in [3.63, 3.8) is 0 Å². The van der Waals surface area contributed by atoms with Crippen molar-refractivity contribution in [2.24, 2.45) is 0 Å². The molecule has 6 heteroatoms. The third-order valence-electron chi connectivity index (χ3n) is 1.18. The van der Waals surface area contributed by atoms with Gasteiger partial charge >= 0.3 is 0 Å². The Morgan fingerprint density at radius 1 is 1.45 bits per heavy atom. The molecule has 0 aliphatic rings. The molecule has 0 atom stereocenters. The van der Waals surface area contributed by atoms with E-state index in [-0.39, 0.29) is 0 Å². The summed E-state index contributed by atoms with van der Waals surface area (Å²) in [6, 6.07) is 0. The zero-order chi connectivity index (χ0) is 7.68. The normalized spacial score (nSPS) is 10.3. The number of nitrogens with zero attached hydrogens (tertiary/aromatic N) is 3. The summed E-state index contributed by atoms with van der Waals surface area (Å²) in [7, 11) is 0. The molecule has 0 saturated heterocycles. The smallest absolute Gasteiger partial charge is 0.251 e. The Kier molecular flexibility index (Phi) is 1.60. The van der Waals surface area contributed by atoms with Crippen LogP contribution in [-0.2, 0) is 0 Å². The average Bonchev–Trinajstić information content (AvgIpc) is 2.50. The van der Waals surface area contributed by atoms with E-state index >= 15 is 0 Å². The highest BCUT2D eigenvalue weighted by atomic mass is 127. The minimum absolute atomic E-state index is 0.499. The number of oxazole rings is 1. The fourth-order valence-electron chi connectivity index (χ4n) is 0.714. The first-order valence-electron chi connectivity index (χ1n) is 2.83. The molecular formula is C5H3IN4O. The van der Waals surface area contributed by atoms with Crippen molar-refractivity contribution in [2.75, 3.05) is 3.53 Å². The van der Waals surface area contributed by atoms with E-state index in [0.717, 1.165) is 0 Å². The topological polar surface area (TPSA) is 63.8 Å². The number of halogens is 1. The second-order valence-electron chi connectivity index (χ2n) is 1.83. The number of rotatable bonds is 1. The quantitative estimate of drug-likeness (QED) is 0.621. The molecule has 0 unspecified atom stereocenters. The molecule has 0 saturated carbocycles. The lowest BCUT2D eigenvalue weighted by Crippen LogP contribution is -1.88. The van der Waals surface area contributed by atoms with Crippen LogP contribution in [0.2, 0.25) is 0 Å². The Hall–Kier alpha value is -0.920. The predicted molar refractivity (Wildman–Crippen MR) is 47.2 cm³/mol. The van der Waals surface area contributed by atoms with Gasteiger partial charge in [-0.15, -0.1) is 0 Å². The first-order valence-corrected chi connectivity index (χ1v) is 3.91. The molecule has 0 fully saturated rings. The summed E-state index contributed by atoms with van der Waals surface area (Å²) in [5.41, 5.74) is 1.17. The summed E-state index contributed by atoms with van der Waals surface area (Å²) in [6.45, 7) is 0. The van der Waals surface area contributed by atoms with E-state index in [1.54, 1.807) is 6.20 Å². The summed E-state index contributed by atoms with van der Waals surface area (Å²) in [4.78, 5) is 11.8. The average molecular weight is 262 g/mol. The molecule has 0 aliphatic heterocycles. The minimum Gasteiger partial charge on any atom is -0.425 e. The SMILES string of the molecule is INc1ncc2ncoc2n1. The largest absolute Gasteiger partial charge is 0.425 e. The molecule has 0 radical (unpaired) electrons. The highest BCUT2D eigenvalue weighted by molar-refractivity contribution is 14.1. The second-order valence-corrected chi connectivity index (χ2v) is 2.37. The van der Waals surface area contributed by atoms with Crippen LogP contribution in [0.1, 0.15) is 0 Å². The van der Waals surface area contributed by atoms with Gasteiger partial charge in [0.2, 0.25) is 5.95 Å². The summed E-state index contributed by atoms with van der Waals surface area (Å²) >= 11 is 1.95. The van der Waals surface area contributed by atoms with Crippen LogP contribution in [0.3, 0.4) is 0 Å². The van der Waals surface area contributed by atoms with Crippen LogP contribution in [0.4, 0.5) is 5.95 Å². The predicted octanol–water partition coefficient (Wildman–Crippen LogP) is 1.38. The summed E-state index contributed by atoms with van der Waals surface area (Å²) in [5.74, 6) is 0.523. The third-order valence-corrected chi connectivity index (χ3v) is 1.66. The number of hydrogen-bond donors (Lipinski definition) is 1. The molecule has 0 amide bonds. The van der Waals surface area contributed by atoms with Gasteiger partial charge in [0, 0.05) is 0 Å². The summed E-state index contributed by atoms with van der Waals surface area (Å²) in [6.07, 6.45) is 2.95. The van der Waals surface area contributed by atoms with Gasteiger partial charge < -0.3 is 4.42 Å². The lowest BCUT2D eigenvalue weighted by molar-refractivity contribution is 0.591. The fraction of sp³-hybridized carbons (Fsp3) is 0. The lowest BCUT2D eigenvalue weighted by atomic mass is 10.6. The van der Waals surface area contributed by atoms with Crippen molar-refractivity contribution < 1.29 is 4.42 Å². The number of nitrogens with one attached hydrogen (secondary N) is 1. The lowest BCUT2D eigenvalue weighted by Gasteiger charge is -1.91. The van der Waals surface area contributed by atoms with E-state index in [4.69, 9.17) is 4.42 Å². The van der Waals surface area contributed by atoms with E-state index in [2.05, 4.69) is 18.5 Å². The second kappa shape index (κ2) is 2.61. The zero-order valence-corrected chi connectivity index (χ0v) is 7.44. The van der Waals surface area contributed by atoms with Crippen molar-refractivity contribution in [1.29, 1.82) is 0 Å². The van der Waals surface area contributed by atoms with Crippen LogP contribution in [0, 0.1) is 0 Å². The van der Waals surface area contributed by atoms with Crippen LogP contribution in [0.5, 0.6) is 0 Å². The molecule has 5 nitrogen and oxygen atoms in total. The maximum atomic E-state index is 4.95. The standard InChI is InChI=1S/C5H3IN4O/c6-10-5-7-1-3-4(9-5)11-2-8-3/h1-2H,(H,7,9,10). The molecule has 1 N–H and O–H groups in total. The van der Waals surface area contributed by atoms with Gasteiger partial charge in [-0.3, -0.25) is 3.53 Å². The number of aromatic nitrogens is 3. The molecular weight excluding hydrogens is 259 g/mol. The van der Waals surface area contributed by atoms with Crippen molar-refractivity contribution in [3.05, 3.63) is 12.6 Å². The molecule has 0 bridgehead atoms. The van der Waals surface area contributed by atoms with Gasteiger partial charge in [-0.2, -0.15) is 4.98 Å². The van der Waals surface area contributed by atoms with Gasteiger partial charge in [-0.25, -0.2) is 9.97 Å². The fourth-order valence-corrected chi connectivity index (χ4v) is 0.974. The van der Waals surface area contributed by atoms with Crippen LogP contribution in [0.25, 0.3) is 11.2 Å². The monoisotopic (exact) mass is 262 g/mol. The Morgan fingerprint density at radius 3 is 3.18 bits per heavy atom. The van der Waals surface area contributed by atoms with E-state index in [1.807, 2.05) is 22.9 Å². The van der Waals surface area contributed by atoms with Crippen molar-refractivity contribution in [1.82, 2.24) is 15.0 Å². The van der Waals surface area contributed by atoms with Gasteiger partial charge in [0.25, 0.3) is 5.71 Å². The van der Waals surface area contributed by atoms with Gasteiger partial charge in [-0.05, 0) is 0 Å². The van der Waals surface area contributed by atoms with E-state index in [0.29, 0.717) is 17.2 Å². The van der Waals surface area contributed by atoms with Crippen LogP contribution in [0.15, 0.2) is 17.0 Å². The summed E-state index contributed by atoms with van der Waals surface area (Å²) in [5, 5.41) is 0. The Labute approximate surface area is 75.7 Å². The Morgan fingerprint density at radius 2 is 2.36 bits per heavy atom. The molecule has 2 aromatic rings. The highest BCUT2D eigenvalue weighted by Crippen LogP contribution is 2.10. The third kappa shape index (κ3) is 1.13. The molecule has 56 valence electrons. The minimum atomic E-state index is 0.499. The van der Waals surface area contributed by atoms with E-state index < -0.39 is 0 Å². The zero-order valence-electron chi connectivity index (χ0n) is 5.28. The van der Waals surface area contributed by atoms with Crippen molar-refractivity contribution >= 4 is 40.0 Å². The maximum Gasteiger partial charge on any atom is 0.251 e. The Balaban J connectivity index is 2.67. The van der Waals surface area contributed by atoms with E-state index in [1.165, 1.54) is 6.39 Å². The molecule has 11 heavy (non-hydrogen) atoms. The molecule has 2 heterocycles. The molecule has 0 aliphatic carbocycles. The molecule has 2 rings (SSSR count). The van der Waals surface area contributed by atoms with E-state index in [9.17, 15) is 0 Å². The van der Waals surface area contributed by atoms with Crippen LogP contribution in [-0.4, -0.2) is 15.0 Å². The van der Waals surface area contributed by atoms with Gasteiger partial charge in [0.15, 0.2) is 6.39 Å².